The van der Waals surface area contributed by atoms with Gasteiger partial charge in [-0.25, -0.2) is 4.98 Å². The molecule has 2 aromatic heterocycles. The third-order valence-electron chi connectivity index (χ3n) is 2.83. The smallest absolute Gasteiger partial charge is 0.215 e. The Morgan fingerprint density at radius 2 is 2.25 bits per heavy atom. The van der Waals surface area contributed by atoms with Gasteiger partial charge in [0.2, 0.25) is 5.88 Å². The minimum Gasteiger partial charge on any atom is -0.481 e. The van der Waals surface area contributed by atoms with Crippen LogP contribution in [0.25, 0.3) is 11.2 Å². The number of fused-ring (bicyclic) bond motifs is 1. The molecule has 0 spiro atoms. The van der Waals surface area contributed by atoms with Gasteiger partial charge in [0.25, 0.3) is 0 Å². The largest absolute Gasteiger partial charge is 0.481 e. The van der Waals surface area contributed by atoms with Crippen LogP contribution in [0.1, 0.15) is 24.7 Å². The zero-order valence-corrected chi connectivity index (χ0v) is 9.74. The minimum absolute atomic E-state index is 0.426. The lowest BCUT2D eigenvalue weighted by molar-refractivity contribution is 0.399. The minimum atomic E-state index is 0.426. The lowest BCUT2D eigenvalue weighted by atomic mass is 10.4. The summed E-state index contributed by atoms with van der Waals surface area (Å²) in [6.45, 7) is 0. The molecule has 3 rings (SSSR count). The maximum Gasteiger partial charge on any atom is 0.215 e. The maximum absolute atomic E-state index is 5.91. The molecule has 84 valence electrons. The normalized spacial score (nSPS) is 15.6. The summed E-state index contributed by atoms with van der Waals surface area (Å²) in [5.74, 6) is 1.95. The molecule has 1 fully saturated rings. The molecule has 0 atom stereocenters. The molecular weight excluding hydrogens is 226 g/mol. The van der Waals surface area contributed by atoms with Crippen LogP contribution >= 0.6 is 11.6 Å². The second-order valence-electron chi connectivity index (χ2n) is 3.96. The molecule has 16 heavy (non-hydrogen) atoms. The average Bonchev–Trinajstić information content (AvgIpc) is 3.09. The summed E-state index contributed by atoms with van der Waals surface area (Å²) in [5.41, 5.74) is 1.78. The third kappa shape index (κ3) is 1.45. The molecule has 0 aliphatic heterocycles. The lowest BCUT2D eigenvalue weighted by Crippen LogP contribution is -2.00. The number of nitrogens with zero attached hydrogens (tertiary/aromatic N) is 3. The van der Waals surface area contributed by atoms with Crippen LogP contribution < -0.4 is 4.74 Å². The van der Waals surface area contributed by atoms with E-state index in [1.165, 1.54) is 12.8 Å². The molecule has 0 aromatic carbocycles. The first kappa shape index (κ1) is 9.90. The number of rotatable bonds is 3. The van der Waals surface area contributed by atoms with Crippen molar-refractivity contribution in [3.8, 4) is 5.88 Å². The second kappa shape index (κ2) is 3.63. The highest BCUT2D eigenvalue weighted by Crippen LogP contribution is 2.38. The quantitative estimate of drug-likeness (QED) is 0.770. The number of halogens is 1. The van der Waals surface area contributed by atoms with Gasteiger partial charge in [0.15, 0.2) is 5.65 Å². The predicted molar refractivity (Wildman–Crippen MR) is 61.9 cm³/mol. The Morgan fingerprint density at radius 3 is 2.88 bits per heavy atom. The van der Waals surface area contributed by atoms with Gasteiger partial charge in [0.05, 0.1) is 13.0 Å². The van der Waals surface area contributed by atoms with Crippen LogP contribution in [0.3, 0.4) is 0 Å². The highest BCUT2D eigenvalue weighted by Gasteiger charge is 2.28. The van der Waals surface area contributed by atoms with Crippen LogP contribution in [0.2, 0.25) is 0 Å². The molecule has 5 heteroatoms. The zero-order valence-electron chi connectivity index (χ0n) is 8.98. The Morgan fingerprint density at radius 1 is 1.44 bits per heavy atom. The Bertz CT molecular complexity index is 533. The fraction of sp³-hybridized carbons (Fsp3) is 0.455. The van der Waals surface area contributed by atoms with Crippen LogP contribution in [0.15, 0.2) is 12.1 Å². The van der Waals surface area contributed by atoms with E-state index in [1.807, 2.05) is 12.1 Å². The van der Waals surface area contributed by atoms with E-state index in [2.05, 4.69) is 14.5 Å². The molecule has 4 nitrogen and oxygen atoms in total. The molecule has 0 N–H and O–H groups in total. The van der Waals surface area contributed by atoms with Gasteiger partial charge in [-0.1, -0.05) is 0 Å². The first-order chi connectivity index (χ1) is 7.83. The van der Waals surface area contributed by atoms with Crippen LogP contribution in [-0.2, 0) is 5.88 Å². The van der Waals surface area contributed by atoms with Crippen molar-refractivity contribution in [3.63, 3.8) is 0 Å². The van der Waals surface area contributed by atoms with E-state index in [0.29, 0.717) is 17.8 Å². The number of imidazole rings is 1. The SMILES string of the molecule is COc1ccc2nc(CCl)n(C3CC3)c2n1. The van der Waals surface area contributed by atoms with E-state index in [0.717, 1.165) is 17.0 Å². The highest BCUT2D eigenvalue weighted by atomic mass is 35.5. The van der Waals surface area contributed by atoms with Gasteiger partial charge in [-0.05, 0) is 18.9 Å². The van der Waals surface area contributed by atoms with Gasteiger partial charge in [-0.3, -0.25) is 0 Å². The van der Waals surface area contributed by atoms with Crippen LogP contribution in [0.5, 0.6) is 5.88 Å². The summed E-state index contributed by atoms with van der Waals surface area (Å²) in [4.78, 5) is 8.92. The number of alkyl halides is 1. The monoisotopic (exact) mass is 237 g/mol. The van der Waals surface area contributed by atoms with Crippen molar-refractivity contribution >= 4 is 22.8 Å². The van der Waals surface area contributed by atoms with Gasteiger partial charge in [-0.15, -0.1) is 11.6 Å². The van der Waals surface area contributed by atoms with Crippen LogP contribution in [0, 0.1) is 0 Å². The summed E-state index contributed by atoms with van der Waals surface area (Å²) in [5, 5.41) is 0. The third-order valence-corrected chi connectivity index (χ3v) is 3.06. The van der Waals surface area contributed by atoms with E-state index in [9.17, 15) is 0 Å². The van der Waals surface area contributed by atoms with Crippen molar-refractivity contribution in [2.24, 2.45) is 0 Å². The van der Waals surface area contributed by atoms with E-state index >= 15 is 0 Å². The molecule has 0 saturated heterocycles. The van der Waals surface area contributed by atoms with E-state index in [1.54, 1.807) is 7.11 Å². The lowest BCUT2D eigenvalue weighted by Gasteiger charge is -2.04. The Hall–Kier alpha value is -1.29. The van der Waals surface area contributed by atoms with Gasteiger partial charge >= 0.3 is 0 Å². The van der Waals surface area contributed by atoms with Gasteiger partial charge in [-0.2, -0.15) is 4.98 Å². The predicted octanol–water partition coefficient (Wildman–Crippen LogP) is 2.51. The molecule has 0 bridgehead atoms. The van der Waals surface area contributed by atoms with E-state index in [4.69, 9.17) is 16.3 Å². The van der Waals surface area contributed by atoms with Gasteiger partial charge in [0.1, 0.15) is 11.3 Å². The van der Waals surface area contributed by atoms with Crippen molar-refractivity contribution in [3.05, 3.63) is 18.0 Å². The molecule has 0 amide bonds. The summed E-state index contributed by atoms with van der Waals surface area (Å²) in [7, 11) is 1.62. The first-order valence-corrected chi connectivity index (χ1v) is 5.84. The van der Waals surface area contributed by atoms with Crippen molar-refractivity contribution in [1.82, 2.24) is 14.5 Å². The van der Waals surface area contributed by atoms with E-state index in [-0.39, 0.29) is 0 Å². The van der Waals surface area contributed by atoms with Crippen molar-refractivity contribution < 1.29 is 4.74 Å². The Labute approximate surface area is 98.2 Å². The average molecular weight is 238 g/mol. The molecular formula is C11H12ClN3O. The van der Waals surface area contributed by atoms with Gasteiger partial charge in [0, 0.05) is 12.1 Å². The van der Waals surface area contributed by atoms with Crippen LogP contribution in [0.4, 0.5) is 0 Å². The molecule has 2 heterocycles. The topological polar surface area (TPSA) is 39.9 Å². The number of hydrogen-bond donors (Lipinski definition) is 0. The Balaban J connectivity index is 2.24. The summed E-state index contributed by atoms with van der Waals surface area (Å²) in [6.07, 6.45) is 2.38. The number of hydrogen-bond acceptors (Lipinski definition) is 3. The summed E-state index contributed by atoms with van der Waals surface area (Å²) in [6, 6.07) is 4.28. The molecule has 2 aromatic rings. The summed E-state index contributed by atoms with van der Waals surface area (Å²) < 4.78 is 7.28. The fourth-order valence-electron chi connectivity index (χ4n) is 1.93. The number of aromatic nitrogens is 3. The van der Waals surface area contributed by atoms with Crippen molar-refractivity contribution in [2.45, 2.75) is 24.8 Å². The van der Waals surface area contributed by atoms with Crippen molar-refractivity contribution in [1.29, 1.82) is 0 Å². The molecule has 1 aliphatic rings. The molecule has 0 radical (unpaired) electrons. The van der Waals surface area contributed by atoms with Crippen molar-refractivity contribution in [2.75, 3.05) is 7.11 Å². The fourth-order valence-corrected chi connectivity index (χ4v) is 2.12. The zero-order chi connectivity index (χ0) is 11.1. The second-order valence-corrected chi connectivity index (χ2v) is 4.23. The molecule has 1 saturated carbocycles. The maximum atomic E-state index is 5.91. The van der Waals surface area contributed by atoms with Crippen LogP contribution in [-0.4, -0.2) is 21.6 Å². The first-order valence-electron chi connectivity index (χ1n) is 5.31. The number of methoxy groups -OCH3 is 1. The summed E-state index contributed by atoms with van der Waals surface area (Å²) >= 11 is 5.91. The number of pyridine rings is 1. The molecule has 0 unspecified atom stereocenters. The standard InChI is InChI=1S/C11H12ClN3O/c1-16-10-5-4-8-11(14-10)15(7-2-3-7)9(6-12)13-8/h4-5,7H,2-3,6H2,1H3. The Kier molecular flexibility index (Phi) is 2.24. The van der Waals surface area contributed by atoms with Gasteiger partial charge < -0.3 is 9.30 Å². The molecule has 1 aliphatic carbocycles. The van der Waals surface area contributed by atoms with E-state index < -0.39 is 0 Å². The number of ether oxygens (including phenoxy) is 1. The highest BCUT2D eigenvalue weighted by molar-refractivity contribution is 6.16.